The van der Waals surface area contributed by atoms with Gasteiger partial charge in [-0.1, -0.05) is 12.1 Å². The van der Waals surface area contributed by atoms with Gasteiger partial charge in [0.1, 0.15) is 4.21 Å². The van der Waals surface area contributed by atoms with Gasteiger partial charge < -0.3 is 10.1 Å². The molecular formula is C19H21F3N2O4S2. The molecule has 1 atom stereocenters. The summed E-state index contributed by atoms with van der Waals surface area (Å²) in [5.41, 5.74) is -2.35. The molecule has 6 nitrogen and oxygen atoms in total. The molecule has 0 spiro atoms. The lowest BCUT2D eigenvalue weighted by molar-refractivity contribution is -0.137. The van der Waals surface area contributed by atoms with Crippen molar-refractivity contribution in [3.05, 3.63) is 47.5 Å². The molecule has 1 aromatic carbocycles. The van der Waals surface area contributed by atoms with Crippen LogP contribution in [0, 0.1) is 0 Å². The molecule has 0 saturated carbocycles. The maximum absolute atomic E-state index is 13.1. The van der Waals surface area contributed by atoms with Gasteiger partial charge in [-0.05, 0) is 45.0 Å². The van der Waals surface area contributed by atoms with E-state index in [0.717, 1.165) is 23.5 Å². The molecule has 1 aliphatic heterocycles. The highest BCUT2D eigenvalue weighted by Crippen LogP contribution is 2.35. The maximum atomic E-state index is 13.1. The predicted octanol–water partition coefficient (Wildman–Crippen LogP) is 4.21. The number of halogens is 3. The number of nitrogens with one attached hydrogen (secondary N) is 1. The zero-order valence-electron chi connectivity index (χ0n) is 16.5. The Labute approximate surface area is 176 Å². The second-order valence-electron chi connectivity index (χ2n) is 7.59. The van der Waals surface area contributed by atoms with Gasteiger partial charge in [-0.2, -0.15) is 17.5 Å². The van der Waals surface area contributed by atoms with Crippen LogP contribution in [0.4, 0.5) is 18.2 Å². The molecule has 0 radical (unpaired) electrons. The van der Waals surface area contributed by atoms with E-state index in [-0.39, 0.29) is 28.5 Å². The van der Waals surface area contributed by atoms with Gasteiger partial charge in [-0.3, -0.25) is 4.79 Å². The Morgan fingerprint density at radius 2 is 1.90 bits per heavy atom. The Bertz CT molecular complexity index is 1050. The van der Waals surface area contributed by atoms with Gasteiger partial charge in [0.15, 0.2) is 0 Å². The van der Waals surface area contributed by atoms with Gasteiger partial charge in [0.25, 0.3) is 15.9 Å². The summed E-state index contributed by atoms with van der Waals surface area (Å²) in [7, 11) is -3.87. The zero-order valence-corrected chi connectivity index (χ0v) is 18.1. The Morgan fingerprint density at radius 3 is 2.57 bits per heavy atom. The van der Waals surface area contributed by atoms with Crippen LogP contribution < -0.4 is 5.32 Å². The number of thiophene rings is 1. The van der Waals surface area contributed by atoms with Crippen LogP contribution in [0.15, 0.2) is 40.6 Å². The van der Waals surface area contributed by atoms with Crippen LogP contribution in [-0.2, 0) is 20.9 Å². The Kier molecular flexibility index (Phi) is 6.02. The molecule has 0 bridgehead atoms. The first-order valence-corrected chi connectivity index (χ1v) is 11.3. The first kappa shape index (κ1) is 22.7. The number of rotatable bonds is 4. The predicted molar refractivity (Wildman–Crippen MR) is 107 cm³/mol. The number of amides is 1. The molecule has 1 fully saturated rings. The largest absolute Gasteiger partial charge is 0.417 e. The Hall–Kier alpha value is -1.95. The Balaban J connectivity index is 1.85. The fourth-order valence-electron chi connectivity index (χ4n) is 3.12. The lowest BCUT2D eigenvalue weighted by Gasteiger charge is -2.43. The van der Waals surface area contributed by atoms with E-state index >= 15 is 0 Å². The quantitative estimate of drug-likeness (QED) is 0.739. The summed E-state index contributed by atoms with van der Waals surface area (Å²) in [6.07, 6.45) is -4.96. The van der Waals surface area contributed by atoms with Crippen molar-refractivity contribution in [2.75, 3.05) is 18.5 Å². The average molecular weight is 463 g/mol. The fourth-order valence-corrected chi connectivity index (χ4v) is 6.28. The van der Waals surface area contributed by atoms with Crippen molar-refractivity contribution < 1.29 is 31.1 Å². The van der Waals surface area contributed by atoms with Crippen molar-refractivity contribution in [1.82, 2.24) is 4.31 Å². The van der Waals surface area contributed by atoms with Crippen LogP contribution in [0.1, 0.15) is 36.7 Å². The van der Waals surface area contributed by atoms with Crippen LogP contribution in [-0.4, -0.2) is 43.4 Å². The van der Waals surface area contributed by atoms with Crippen molar-refractivity contribution in [3.8, 4) is 0 Å². The van der Waals surface area contributed by atoms with E-state index in [2.05, 4.69) is 5.32 Å². The minimum Gasteiger partial charge on any atom is -0.375 e. The van der Waals surface area contributed by atoms with Gasteiger partial charge in [0.05, 0.1) is 34.4 Å². The van der Waals surface area contributed by atoms with Gasteiger partial charge in [-0.25, -0.2) is 8.42 Å². The van der Waals surface area contributed by atoms with E-state index in [4.69, 9.17) is 4.74 Å². The maximum Gasteiger partial charge on any atom is 0.417 e. The molecule has 2 aromatic rings. The van der Waals surface area contributed by atoms with Gasteiger partial charge in [0.2, 0.25) is 0 Å². The number of sulfonamides is 1. The number of carbonyl (C=O) groups is 1. The highest BCUT2D eigenvalue weighted by molar-refractivity contribution is 7.91. The van der Waals surface area contributed by atoms with Crippen LogP contribution >= 0.6 is 11.3 Å². The number of carbonyl (C=O) groups excluding carboxylic acids is 1. The van der Waals surface area contributed by atoms with Gasteiger partial charge >= 0.3 is 6.18 Å². The van der Waals surface area contributed by atoms with E-state index in [9.17, 15) is 26.4 Å². The first-order chi connectivity index (χ1) is 13.8. The molecule has 1 amide bonds. The molecule has 164 valence electrons. The molecule has 1 aliphatic rings. The second-order valence-corrected chi connectivity index (χ2v) is 10.8. The highest BCUT2D eigenvalue weighted by Gasteiger charge is 2.42. The minimum absolute atomic E-state index is 0.0101. The second kappa shape index (κ2) is 7.95. The molecule has 1 N–H and O–H groups in total. The minimum atomic E-state index is -4.68. The molecule has 1 unspecified atom stereocenters. The van der Waals surface area contributed by atoms with Crippen LogP contribution in [0.25, 0.3) is 0 Å². The summed E-state index contributed by atoms with van der Waals surface area (Å²) < 4.78 is 72.6. The summed E-state index contributed by atoms with van der Waals surface area (Å²) in [4.78, 5) is 12.4. The number of hydrogen-bond donors (Lipinski definition) is 1. The van der Waals surface area contributed by atoms with Crippen LogP contribution in [0.3, 0.4) is 0 Å². The van der Waals surface area contributed by atoms with Gasteiger partial charge in [-0.15, -0.1) is 11.3 Å². The van der Waals surface area contributed by atoms with Crippen molar-refractivity contribution in [2.45, 2.75) is 42.8 Å². The number of anilines is 1. The number of hydrogen-bond acceptors (Lipinski definition) is 5. The number of morpholine rings is 1. The summed E-state index contributed by atoms with van der Waals surface area (Å²) in [6, 6.07) is 7.11. The van der Waals surface area contributed by atoms with E-state index in [1.165, 1.54) is 28.6 Å². The number of nitrogens with zero attached hydrogens (tertiary/aromatic N) is 1. The lowest BCUT2D eigenvalue weighted by atomic mass is 10.1. The number of alkyl halides is 3. The first-order valence-electron chi connectivity index (χ1n) is 9.04. The normalized spacial score (nSPS) is 20.1. The number of ether oxygens (including phenoxy) is 1. The smallest absolute Gasteiger partial charge is 0.375 e. The third-order valence-corrected chi connectivity index (χ3v) is 8.20. The molecule has 30 heavy (non-hydrogen) atoms. The van der Waals surface area contributed by atoms with E-state index < -0.39 is 38.8 Å². The van der Waals surface area contributed by atoms with E-state index in [1.54, 1.807) is 20.8 Å². The summed E-state index contributed by atoms with van der Waals surface area (Å²) >= 11 is 0.788. The third kappa shape index (κ3) is 4.53. The zero-order chi connectivity index (χ0) is 22.3. The fraction of sp³-hybridized carbons (Fsp3) is 0.421. The van der Waals surface area contributed by atoms with Crippen molar-refractivity contribution >= 4 is 32.3 Å². The third-order valence-electron chi connectivity index (χ3n) is 4.66. The van der Waals surface area contributed by atoms with Crippen LogP contribution in [0.2, 0.25) is 0 Å². The van der Waals surface area contributed by atoms with E-state index in [0.29, 0.717) is 0 Å². The standard InChI is InChI=1S/C19H21F3N2O4S2/c1-12-10-24(18(2,3)11-28-12)30(26,27)16-9-8-15(29-16)23-17(25)13-6-4-5-7-14(13)19(20,21)22/h4-9,12H,10-11H2,1-3H3,(H,23,25). The van der Waals surface area contributed by atoms with Crippen molar-refractivity contribution in [1.29, 1.82) is 0 Å². The van der Waals surface area contributed by atoms with Crippen LogP contribution in [0.5, 0.6) is 0 Å². The van der Waals surface area contributed by atoms with Crippen molar-refractivity contribution in [3.63, 3.8) is 0 Å². The SMILES string of the molecule is CC1CN(S(=O)(=O)c2ccc(NC(=O)c3ccccc3C(F)(F)F)s2)C(C)(C)CO1. The molecule has 3 rings (SSSR count). The van der Waals surface area contributed by atoms with Gasteiger partial charge in [0, 0.05) is 6.54 Å². The van der Waals surface area contributed by atoms with E-state index in [1.807, 2.05) is 0 Å². The molecule has 1 aromatic heterocycles. The Morgan fingerprint density at radius 1 is 1.23 bits per heavy atom. The van der Waals surface area contributed by atoms with Crippen molar-refractivity contribution in [2.24, 2.45) is 0 Å². The molecule has 2 heterocycles. The summed E-state index contributed by atoms with van der Waals surface area (Å²) in [5, 5.41) is 2.50. The number of benzene rings is 1. The molecule has 0 aliphatic carbocycles. The molecule has 11 heteroatoms. The monoisotopic (exact) mass is 462 g/mol. The molecular weight excluding hydrogens is 441 g/mol. The lowest BCUT2D eigenvalue weighted by Crippen LogP contribution is -2.57. The highest BCUT2D eigenvalue weighted by atomic mass is 32.2. The summed E-state index contributed by atoms with van der Waals surface area (Å²) in [5.74, 6) is -0.964. The summed E-state index contributed by atoms with van der Waals surface area (Å²) in [6.45, 7) is 5.68. The molecule has 1 saturated heterocycles. The average Bonchev–Trinajstić information content (AvgIpc) is 3.12. The topological polar surface area (TPSA) is 75.7 Å².